The molecular formula is C23H21FN4O4S. The van der Waals surface area contributed by atoms with Crippen LogP contribution in [-0.2, 0) is 11.2 Å². The van der Waals surface area contributed by atoms with Crippen LogP contribution in [0, 0.1) is 12.7 Å². The van der Waals surface area contributed by atoms with Crippen molar-refractivity contribution in [1.82, 2.24) is 20.3 Å². The third-order valence-electron chi connectivity index (χ3n) is 5.58. The SMILES string of the molecule is COC(=O)NCC1(C)Cc2c(c(F)cc3nc(-c4cc(C)cc5nc(OC)cnc45)sc23)O1. The van der Waals surface area contributed by atoms with Crippen molar-refractivity contribution in [3.63, 3.8) is 0 Å². The molecule has 10 heteroatoms. The molecule has 1 unspecified atom stereocenters. The van der Waals surface area contributed by atoms with Gasteiger partial charge in [0.05, 0.1) is 48.2 Å². The number of aryl methyl sites for hydroxylation is 1. The molecule has 1 aliphatic rings. The molecule has 2 aromatic heterocycles. The molecule has 0 spiro atoms. The largest absolute Gasteiger partial charge is 0.482 e. The Morgan fingerprint density at radius 3 is 2.85 bits per heavy atom. The zero-order valence-corrected chi connectivity index (χ0v) is 19.3. The number of hydrogen-bond donors (Lipinski definition) is 1. The molecule has 1 N–H and O–H groups in total. The van der Waals surface area contributed by atoms with Gasteiger partial charge < -0.3 is 19.5 Å². The van der Waals surface area contributed by atoms with E-state index in [0.717, 1.165) is 21.4 Å². The van der Waals surface area contributed by atoms with Crippen molar-refractivity contribution < 1.29 is 23.4 Å². The molecule has 0 saturated heterocycles. The smallest absolute Gasteiger partial charge is 0.406 e. The maximum atomic E-state index is 14.9. The van der Waals surface area contributed by atoms with E-state index in [4.69, 9.17) is 14.5 Å². The number of fused-ring (bicyclic) bond motifs is 4. The topological polar surface area (TPSA) is 95.5 Å². The number of carbonyl (C=O) groups is 1. The number of amides is 1. The van der Waals surface area contributed by atoms with E-state index in [0.29, 0.717) is 33.9 Å². The zero-order chi connectivity index (χ0) is 23.3. The molecule has 2 aromatic carbocycles. The Balaban J connectivity index is 1.60. The first-order chi connectivity index (χ1) is 15.8. The van der Waals surface area contributed by atoms with Gasteiger partial charge in [-0.15, -0.1) is 11.3 Å². The molecule has 0 bridgehead atoms. The number of aromatic nitrogens is 3. The summed E-state index contributed by atoms with van der Waals surface area (Å²) < 4.78 is 31.6. The molecule has 3 heterocycles. The van der Waals surface area contributed by atoms with Crippen LogP contribution in [0.3, 0.4) is 0 Å². The van der Waals surface area contributed by atoms with E-state index in [1.165, 1.54) is 24.5 Å². The highest BCUT2D eigenvalue weighted by molar-refractivity contribution is 7.22. The second-order valence-corrected chi connectivity index (χ2v) is 9.20. The molecule has 0 radical (unpaired) electrons. The number of alkyl carbamates (subject to hydrolysis) is 1. The van der Waals surface area contributed by atoms with Crippen LogP contribution in [0.5, 0.6) is 11.6 Å². The summed E-state index contributed by atoms with van der Waals surface area (Å²) in [5.74, 6) is 0.153. The number of carbonyl (C=O) groups excluding carboxylic acids is 1. The van der Waals surface area contributed by atoms with E-state index in [9.17, 15) is 9.18 Å². The number of rotatable bonds is 4. The van der Waals surface area contributed by atoms with Gasteiger partial charge in [0.2, 0.25) is 5.88 Å². The molecule has 1 aliphatic heterocycles. The van der Waals surface area contributed by atoms with Gasteiger partial charge >= 0.3 is 6.09 Å². The van der Waals surface area contributed by atoms with Crippen LogP contribution in [0.2, 0.25) is 0 Å². The minimum Gasteiger partial charge on any atom is -0.482 e. The number of thiazole rings is 1. The molecule has 5 rings (SSSR count). The minimum absolute atomic E-state index is 0.181. The van der Waals surface area contributed by atoms with Crippen LogP contribution in [0.4, 0.5) is 9.18 Å². The molecule has 4 aromatic rings. The van der Waals surface area contributed by atoms with Gasteiger partial charge in [-0.3, -0.25) is 0 Å². The standard InChI is InChI=1S/C23H21FN4O4S/c1-11-5-12(18-15(6-11)27-17(30-3)9-25-18)21-28-16-7-14(24)19-13(20(16)33-21)8-23(2,32-19)10-26-22(29)31-4/h5-7,9H,8,10H2,1-4H3,(H,26,29). The van der Waals surface area contributed by atoms with Crippen LogP contribution in [-0.4, -0.2) is 47.4 Å². The summed E-state index contributed by atoms with van der Waals surface area (Å²) in [5.41, 5.74) is 3.72. The number of nitrogens with zero attached hydrogens (tertiary/aromatic N) is 3. The number of methoxy groups -OCH3 is 2. The average molecular weight is 469 g/mol. The van der Waals surface area contributed by atoms with Crippen molar-refractivity contribution in [2.24, 2.45) is 0 Å². The lowest BCUT2D eigenvalue weighted by atomic mass is 9.99. The molecule has 170 valence electrons. The number of halogens is 1. The van der Waals surface area contributed by atoms with E-state index in [1.807, 2.05) is 26.0 Å². The highest BCUT2D eigenvalue weighted by Gasteiger charge is 2.39. The summed E-state index contributed by atoms with van der Waals surface area (Å²) in [6.45, 7) is 3.98. The van der Waals surface area contributed by atoms with Gasteiger partial charge in [0.1, 0.15) is 10.6 Å². The monoisotopic (exact) mass is 468 g/mol. The highest BCUT2D eigenvalue weighted by atomic mass is 32.1. The molecule has 0 saturated carbocycles. The Morgan fingerprint density at radius 2 is 2.09 bits per heavy atom. The molecule has 1 atom stereocenters. The van der Waals surface area contributed by atoms with Crippen LogP contribution < -0.4 is 14.8 Å². The quantitative estimate of drug-likeness (QED) is 0.474. The summed E-state index contributed by atoms with van der Waals surface area (Å²) in [7, 11) is 2.84. The van der Waals surface area contributed by atoms with Gasteiger partial charge in [-0.2, -0.15) is 0 Å². The molecular weight excluding hydrogens is 447 g/mol. The number of nitrogens with one attached hydrogen (secondary N) is 1. The van der Waals surface area contributed by atoms with Gasteiger partial charge in [-0.1, -0.05) is 0 Å². The fourth-order valence-corrected chi connectivity index (χ4v) is 5.16. The van der Waals surface area contributed by atoms with Gasteiger partial charge in [-0.05, 0) is 31.5 Å². The van der Waals surface area contributed by atoms with Crippen molar-refractivity contribution in [3.8, 4) is 22.2 Å². The lowest BCUT2D eigenvalue weighted by molar-refractivity contribution is 0.103. The first kappa shape index (κ1) is 21.3. The van der Waals surface area contributed by atoms with Crippen LogP contribution >= 0.6 is 11.3 Å². The van der Waals surface area contributed by atoms with E-state index in [1.54, 1.807) is 13.3 Å². The fraction of sp³-hybridized carbons (Fsp3) is 0.304. The fourth-order valence-electron chi connectivity index (χ4n) is 4.06. The van der Waals surface area contributed by atoms with E-state index < -0.39 is 17.5 Å². The van der Waals surface area contributed by atoms with Crippen LogP contribution in [0.15, 0.2) is 24.4 Å². The molecule has 8 nitrogen and oxygen atoms in total. The van der Waals surface area contributed by atoms with Gasteiger partial charge in [0.15, 0.2) is 11.6 Å². The van der Waals surface area contributed by atoms with Gasteiger partial charge in [0, 0.05) is 23.6 Å². The third kappa shape index (κ3) is 3.70. The maximum Gasteiger partial charge on any atom is 0.406 e. The summed E-state index contributed by atoms with van der Waals surface area (Å²) >= 11 is 1.46. The van der Waals surface area contributed by atoms with Crippen molar-refractivity contribution in [3.05, 3.63) is 41.3 Å². The first-order valence-corrected chi connectivity index (χ1v) is 11.1. The summed E-state index contributed by atoms with van der Waals surface area (Å²) in [6, 6.07) is 5.33. The number of benzene rings is 2. The number of hydrogen-bond acceptors (Lipinski definition) is 8. The molecule has 0 fully saturated rings. The zero-order valence-electron chi connectivity index (χ0n) is 18.5. The lowest BCUT2D eigenvalue weighted by Crippen LogP contribution is -2.44. The second-order valence-electron chi connectivity index (χ2n) is 8.20. The van der Waals surface area contributed by atoms with Gasteiger partial charge in [0.25, 0.3) is 0 Å². The highest BCUT2D eigenvalue weighted by Crippen LogP contribution is 2.45. The third-order valence-corrected chi connectivity index (χ3v) is 6.75. The van der Waals surface area contributed by atoms with Crippen LogP contribution in [0.25, 0.3) is 31.8 Å². The van der Waals surface area contributed by atoms with Crippen LogP contribution in [0.1, 0.15) is 18.1 Å². The minimum atomic E-state index is -0.798. The lowest BCUT2D eigenvalue weighted by Gasteiger charge is -2.23. The van der Waals surface area contributed by atoms with Crippen molar-refractivity contribution in [2.45, 2.75) is 25.9 Å². The normalized spacial score (nSPS) is 17.1. The van der Waals surface area contributed by atoms with E-state index >= 15 is 0 Å². The Labute approximate surface area is 192 Å². The molecule has 0 aliphatic carbocycles. The number of ether oxygens (including phenoxy) is 3. The predicted molar refractivity (Wildman–Crippen MR) is 123 cm³/mol. The van der Waals surface area contributed by atoms with Crippen molar-refractivity contribution in [1.29, 1.82) is 0 Å². The summed E-state index contributed by atoms with van der Waals surface area (Å²) in [6.07, 6.45) is 1.43. The Hall–Kier alpha value is -3.53. The predicted octanol–water partition coefficient (Wildman–Crippen LogP) is 4.41. The summed E-state index contributed by atoms with van der Waals surface area (Å²) in [5, 5.41) is 3.35. The maximum absolute atomic E-state index is 14.9. The Bertz CT molecular complexity index is 1420. The Kier molecular flexibility index (Phi) is 5.04. The summed E-state index contributed by atoms with van der Waals surface area (Å²) in [4.78, 5) is 25.3. The van der Waals surface area contributed by atoms with Crippen molar-refractivity contribution >= 4 is 38.7 Å². The van der Waals surface area contributed by atoms with Crippen molar-refractivity contribution in [2.75, 3.05) is 20.8 Å². The van der Waals surface area contributed by atoms with E-state index in [-0.39, 0.29) is 12.3 Å². The molecule has 1 amide bonds. The Morgan fingerprint density at radius 1 is 1.27 bits per heavy atom. The average Bonchev–Trinajstić information content (AvgIpc) is 3.38. The van der Waals surface area contributed by atoms with E-state index in [2.05, 4.69) is 20.0 Å². The van der Waals surface area contributed by atoms with Gasteiger partial charge in [-0.25, -0.2) is 24.1 Å². The second kappa shape index (κ2) is 7.80. The first-order valence-electron chi connectivity index (χ1n) is 10.2. The molecule has 33 heavy (non-hydrogen) atoms.